The van der Waals surface area contributed by atoms with Crippen LogP contribution in [-0.4, -0.2) is 28.4 Å². The SMILES string of the molecule is CO[PH](=O)OC.CO[PH](=O)OC. The Kier molecular flexibility index (Phi) is 13.9. The molecular formula is C4H14O6P2. The summed E-state index contributed by atoms with van der Waals surface area (Å²) in [4.78, 5) is 0. The highest BCUT2D eigenvalue weighted by molar-refractivity contribution is 7.33. The van der Waals surface area contributed by atoms with Crippen molar-refractivity contribution >= 4 is 16.5 Å². The Hall–Kier alpha value is 0.300. The van der Waals surface area contributed by atoms with Gasteiger partial charge in [0.25, 0.3) is 0 Å². The van der Waals surface area contributed by atoms with Crippen molar-refractivity contribution in [3.8, 4) is 0 Å². The van der Waals surface area contributed by atoms with Crippen LogP contribution in [0.15, 0.2) is 0 Å². The number of hydrogen-bond donors (Lipinski definition) is 0. The smallest absolute Gasteiger partial charge is 0.314 e. The van der Waals surface area contributed by atoms with Crippen LogP contribution in [0.3, 0.4) is 0 Å². The maximum absolute atomic E-state index is 9.92. The molecule has 0 N–H and O–H groups in total. The summed E-state index contributed by atoms with van der Waals surface area (Å²) in [7, 11) is 1.12. The molecule has 76 valence electrons. The Bertz CT molecular complexity index is 110. The van der Waals surface area contributed by atoms with Crippen molar-refractivity contribution in [2.75, 3.05) is 28.4 Å². The molecule has 0 amide bonds. The van der Waals surface area contributed by atoms with E-state index in [2.05, 4.69) is 18.1 Å². The third-order valence-electron chi connectivity index (χ3n) is 0.667. The van der Waals surface area contributed by atoms with Gasteiger partial charge in [0.1, 0.15) is 0 Å². The largest absolute Gasteiger partial charge is 0.318 e. The van der Waals surface area contributed by atoms with Crippen molar-refractivity contribution in [3.63, 3.8) is 0 Å². The van der Waals surface area contributed by atoms with Gasteiger partial charge in [0, 0.05) is 28.4 Å². The van der Waals surface area contributed by atoms with Gasteiger partial charge < -0.3 is 18.1 Å². The third kappa shape index (κ3) is 12.9. The molecule has 0 bridgehead atoms. The van der Waals surface area contributed by atoms with E-state index in [4.69, 9.17) is 0 Å². The summed E-state index contributed by atoms with van der Waals surface area (Å²) in [5, 5.41) is 0. The molecule has 12 heavy (non-hydrogen) atoms. The van der Waals surface area contributed by atoms with E-state index in [0.717, 1.165) is 0 Å². The molecular weight excluding hydrogens is 206 g/mol. The first kappa shape index (κ1) is 14.8. The monoisotopic (exact) mass is 220 g/mol. The summed E-state index contributed by atoms with van der Waals surface area (Å²) < 4.78 is 36.7. The molecule has 0 aliphatic carbocycles. The molecule has 0 atom stereocenters. The lowest BCUT2D eigenvalue weighted by molar-refractivity contribution is 0.301. The molecule has 8 heteroatoms. The van der Waals surface area contributed by atoms with Crippen molar-refractivity contribution in [2.45, 2.75) is 0 Å². The van der Waals surface area contributed by atoms with Crippen LogP contribution in [0.25, 0.3) is 0 Å². The summed E-state index contributed by atoms with van der Waals surface area (Å²) in [6.07, 6.45) is 0. The summed E-state index contributed by atoms with van der Waals surface area (Å²) in [6.45, 7) is 0. The minimum Gasteiger partial charge on any atom is -0.314 e. The molecule has 0 heterocycles. The summed E-state index contributed by atoms with van der Waals surface area (Å²) in [6, 6.07) is 0. The predicted molar refractivity (Wildman–Crippen MR) is 46.0 cm³/mol. The first-order valence-electron chi connectivity index (χ1n) is 2.86. The second kappa shape index (κ2) is 11.3. The van der Waals surface area contributed by atoms with Gasteiger partial charge in [-0.1, -0.05) is 0 Å². The molecule has 0 saturated carbocycles. The second-order valence-electron chi connectivity index (χ2n) is 1.32. The van der Waals surface area contributed by atoms with Crippen LogP contribution in [0.1, 0.15) is 0 Å². The van der Waals surface area contributed by atoms with Crippen LogP contribution >= 0.6 is 16.5 Å². The van der Waals surface area contributed by atoms with Crippen molar-refractivity contribution < 1.29 is 27.2 Å². The first-order chi connectivity index (χ1) is 5.62. The average Bonchev–Trinajstić information content (AvgIpc) is 2.16. The Balaban J connectivity index is 0. The summed E-state index contributed by atoms with van der Waals surface area (Å²) >= 11 is 0. The van der Waals surface area contributed by atoms with Crippen molar-refractivity contribution in [1.29, 1.82) is 0 Å². The van der Waals surface area contributed by atoms with Crippen LogP contribution in [0.4, 0.5) is 0 Å². The molecule has 0 aliphatic rings. The fourth-order valence-electron chi connectivity index (χ4n) is 0.167. The molecule has 0 rings (SSSR count). The standard InChI is InChI=1S/2C2H7O3P/c2*1-4-6(3)5-2/h2*6H,1-2H3. The van der Waals surface area contributed by atoms with Crippen molar-refractivity contribution in [1.82, 2.24) is 0 Å². The zero-order valence-corrected chi connectivity index (χ0v) is 9.45. The summed E-state index contributed by atoms with van der Waals surface area (Å²) in [5.41, 5.74) is 0. The van der Waals surface area contributed by atoms with Crippen LogP contribution in [-0.2, 0) is 27.2 Å². The second-order valence-corrected chi connectivity index (χ2v) is 3.95. The summed E-state index contributed by atoms with van der Waals surface area (Å²) in [5.74, 6) is 0. The molecule has 6 nitrogen and oxygen atoms in total. The van der Waals surface area contributed by atoms with E-state index in [0.29, 0.717) is 0 Å². The third-order valence-corrected chi connectivity index (χ3v) is 2.00. The fourth-order valence-corrected chi connectivity index (χ4v) is 0.500. The highest BCUT2D eigenvalue weighted by atomic mass is 31.1. The van der Waals surface area contributed by atoms with Crippen LogP contribution in [0.2, 0.25) is 0 Å². The van der Waals surface area contributed by atoms with Gasteiger partial charge in [-0.25, -0.2) is 0 Å². The molecule has 0 aliphatic heterocycles. The van der Waals surface area contributed by atoms with Gasteiger partial charge in [-0.2, -0.15) is 0 Å². The number of rotatable bonds is 4. The topological polar surface area (TPSA) is 71.1 Å². The minimum absolute atomic E-state index is 1.34. The van der Waals surface area contributed by atoms with Crippen molar-refractivity contribution in [3.05, 3.63) is 0 Å². The van der Waals surface area contributed by atoms with E-state index in [9.17, 15) is 9.13 Å². The number of hydrogen-bond acceptors (Lipinski definition) is 6. The van der Waals surface area contributed by atoms with Gasteiger partial charge in [0.05, 0.1) is 0 Å². The highest BCUT2D eigenvalue weighted by Gasteiger charge is 1.83. The van der Waals surface area contributed by atoms with E-state index in [1.165, 1.54) is 28.4 Å². The molecule has 0 aromatic rings. The van der Waals surface area contributed by atoms with E-state index in [1.54, 1.807) is 0 Å². The Morgan fingerprint density at radius 3 is 0.833 bits per heavy atom. The van der Waals surface area contributed by atoms with E-state index in [-0.39, 0.29) is 0 Å². The highest BCUT2D eigenvalue weighted by Crippen LogP contribution is 2.18. The zero-order valence-electron chi connectivity index (χ0n) is 7.45. The predicted octanol–water partition coefficient (Wildman–Crippen LogP) is 1.34. The van der Waals surface area contributed by atoms with Gasteiger partial charge in [0.15, 0.2) is 0 Å². The van der Waals surface area contributed by atoms with Crippen molar-refractivity contribution in [2.24, 2.45) is 0 Å². The Labute approximate surface area is 73.1 Å². The van der Waals surface area contributed by atoms with Crippen LogP contribution < -0.4 is 0 Å². The van der Waals surface area contributed by atoms with Crippen LogP contribution in [0.5, 0.6) is 0 Å². The lowest BCUT2D eigenvalue weighted by Crippen LogP contribution is -1.66. The quantitative estimate of drug-likeness (QED) is 0.665. The van der Waals surface area contributed by atoms with Crippen LogP contribution in [0, 0.1) is 0 Å². The molecule has 0 unspecified atom stereocenters. The van der Waals surface area contributed by atoms with E-state index >= 15 is 0 Å². The van der Waals surface area contributed by atoms with Gasteiger partial charge in [0.2, 0.25) is 0 Å². The van der Waals surface area contributed by atoms with Gasteiger partial charge in [-0.3, -0.25) is 9.13 Å². The zero-order chi connectivity index (χ0) is 9.98. The van der Waals surface area contributed by atoms with E-state index < -0.39 is 16.5 Å². The Morgan fingerprint density at radius 2 is 0.833 bits per heavy atom. The fraction of sp³-hybridized carbons (Fsp3) is 1.00. The maximum Gasteiger partial charge on any atom is 0.318 e. The van der Waals surface area contributed by atoms with E-state index in [1.807, 2.05) is 0 Å². The molecule has 0 aromatic heterocycles. The molecule has 0 radical (unpaired) electrons. The van der Waals surface area contributed by atoms with Gasteiger partial charge in [-0.05, 0) is 0 Å². The lowest BCUT2D eigenvalue weighted by atomic mass is 11.8. The lowest BCUT2D eigenvalue weighted by Gasteiger charge is -1.89. The maximum atomic E-state index is 9.92. The minimum atomic E-state index is -2.12. The van der Waals surface area contributed by atoms with Gasteiger partial charge >= 0.3 is 16.5 Å². The normalized spacial score (nSPS) is 9.83. The average molecular weight is 220 g/mol. The molecule has 0 saturated heterocycles. The first-order valence-corrected chi connectivity index (χ1v) is 5.31. The molecule has 0 fully saturated rings. The molecule has 0 aromatic carbocycles. The van der Waals surface area contributed by atoms with Gasteiger partial charge in [-0.15, -0.1) is 0 Å². The molecule has 0 spiro atoms. The Morgan fingerprint density at radius 1 is 0.667 bits per heavy atom.